The lowest BCUT2D eigenvalue weighted by Gasteiger charge is -2.16. The third-order valence-corrected chi connectivity index (χ3v) is 2.98. The molecule has 2 aromatic carbocycles. The predicted octanol–water partition coefficient (Wildman–Crippen LogP) is 3.52. The third kappa shape index (κ3) is 2.37. The largest absolute Gasteiger partial charge is 0.384 e. The van der Waals surface area contributed by atoms with E-state index in [-0.39, 0.29) is 5.82 Å². The van der Waals surface area contributed by atoms with E-state index >= 15 is 0 Å². The smallest absolute Gasteiger partial charge is 0.123 e. The van der Waals surface area contributed by atoms with Crippen LogP contribution in [0.4, 0.5) is 4.39 Å². The van der Waals surface area contributed by atoms with Crippen molar-refractivity contribution in [1.29, 1.82) is 0 Å². The third-order valence-electron chi connectivity index (χ3n) is 2.98. The highest BCUT2D eigenvalue weighted by atomic mass is 19.1. The Bertz CT molecular complexity index is 514. The molecule has 2 aromatic rings. The molecular formula is C15H15FO. The second-order valence-corrected chi connectivity index (χ2v) is 4.26. The van der Waals surface area contributed by atoms with Crippen molar-refractivity contribution in [2.75, 3.05) is 0 Å². The molecule has 0 saturated carbocycles. The summed E-state index contributed by atoms with van der Waals surface area (Å²) in [6, 6.07) is 11.9. The van der Waals surface area contributed by atoms with E-state index in [2.05, 4.69) is 0 Å². The Morgan fingerprint density at radius 3 is 2.18 bits per heavy atom. The van der Waals surface area contributed by atoms with E-state index in [1.807, 2.05) is 32.0 Å². The maximum atomic E-state index is 13.1. The highest BCUT2D eigenvalue weighted by Gasteiger charge is 2.15. The molecule has 1 N–H and O–H groups in total. The molecule has 0 aliphatic heterocycles. The van der Waals surface area contributed by atoms with E-state index in [0.29, 0.717) is 5.56 Å². The first kappa shape index (κ1) is 11.8. The van der Waals surface area contributed by atoms with Crippen molar-refractivity contribution in [2.24, 2.45) is 0 Å². The molecular weight excluding hydrogens is 215 g/mol. The summed E-state index contributed by atoms with van der Waals surface area (Å²) >= 11 is 0. The van der Waals surface area contributed by atoms with Gasteiger partial charge in [0.25, 0.3) is 0 Å². The van der Waals surface area contributed by atoms with Gasteiger partial charge in [-0.1, -0.05) is 30.3 Å². The second-order valence-electron chi connectivity index (χ2n) is 4.26. The number of aliphatic hydroxyl groups excluding tert-OH is 1. The van der Waals surface area contributed by atoms with E-state index in [9.17, 15) is 9.50 Å². The van der Waals surface area contributed by atoms with Gasteiger partial charge in [-0.15, -0.1) is 0 Å². The van der Waals surface area contributed by atoms with E-state index < -0.39 is 6.10 Å². The molecule has 0 heterocycles. The van der Waals surface area contributed by atoms with Gasteiger partial charge in [0, 0.05) is 0 Å². The number of benzene rings is 2. The summed E-state index contributed by atoms with van der Waals surface area (Å²) in [5.41, 5.74) is 3.48. The first-order valence-corrected chi connectivity index (χ1v) is 5.59. The normalized spacial score (nSPS) is 12.5. The summed E-state index contributed by atoms with van der Waals surface area (Å²) < 4.78 is 13.1. The number of hydrogen-bond donors (Lipinski definition) is 1. The summed E-state index contributed by atoms with van der Waals surface area (Å²) in [5.74, 6) is -0.326. The molecule has 0 amide bonds. The summed E-state index contributed by atoms with van der Waals surface area (Å²) in [4.78, 5) is 0. The highest BCUT2D eigenvalue weighted by molar-refractivity contribution is 5.40. The van der Waals surface area contributed by atoms with Gasteiger partial charge in [0.15, 0.2) is 0 Å². The van der Waals surface area contributed by atoms with Crippen LogP contribution in [0, 0.1) is 19.7 Å². The number of halogens is 1. The minimum absolute atomic E-state index is 0.326. The topological polar surface area (TPSA) is 20.2 Å². The zero-order valence-corrected chi connectivity index (χ0v) is 9.94. The highest BCUT2D eigenvalue weighted by Crippen LogP contribution is 2.27. The summed E-state index contributed by atoms with van der Waals surface area (Å²) in [5, 5.41) is 10.3. The zero-order valence-electron chi connectivity index (χ0n) is 9.94. The van der Waals surface area contributed by atoms with Crippen LogP contribution in [0.15, 0.2) is 42.5 Å². The van der Waals surface area contributed by atoms with Crippen LogP contribution in [0.1, 0.15) is 28.4 Å². The fourth-order valence-electron chi connectivity index (χ4n) is 2.10. The van der Waals surface area contributed by atoms with Gasteiger partial charge in [0.1, 0.15) is 11.9 Å². The lowest BCUT2D eigenvalue weighted by molar-refractivity contribution is 0.218. The Labute approximate surface area is 101 Å². The second kappa shape index (κ2) is 4.68. The van der Waals surface area contributed by atoms with Gasteiger partial charge in [-0.2, -0.15) is 0 Å². The van der Waals surface area contributed by atoms with Gasteiger partial charge in [-0.25, -0.2) is 4.39 Å². The molecule has 1 unspecified atom stereocenters. The van der Waals surface area contributed by atoms with Crippen LogP contribution in [-0.2, 0) is 0 Å². The van der Waals surface area contributed by atoms with E-state index in [1.165, 1.54) is 12.1 Å². The van der Waals surface area contributed by atoms with Gasteiger partial charge >= 0.3 is 0 Å². The first-order chi connectivity index (χ1) is 8.09. The van der Waals surface area contributed by atoms with Crippen molar-refractivity contribution in [3.8, 4) is 0 Å². The Kier molecular flexibility index (Phi) is 3.25. The Hall–Kier alpha value is -1.67. The lowest BCUT2D eigenvalue weighted by atomic mass is 9.93. The van der Waals surface area contributed by atoms with Gasteiger partial charge in [0.05, 0.1) is 0 Å². The molecule has 2 rings (SSSR count). The summed E-state index contributed by atoms with van der Waals surface area (Å²) in [7, 11) is 0. The first-order valence-electron chi connectivity index (χ1n) is 5.59. The Morgan fingerprint density at radius 1 is 1.00 bits per heavy atom. The standard InChI is InChI=1S/C15H15FO/c1-10-5-3-6-11(2)14(10)15(17)12-7-4-8-13(16)9-12/h3-9,15,17H,1-2H3. The van der Waals surface area contributed by atoms with Crippen LogP contribution < -0.4 is 0 Å². The molecule has 2 heteroatoms. The maximum Gasteiger partial charge on any atom is 0.123 e. The van der Waals surface area contributed by atoms with Crippen molar-refractivity contribution in [3.63, 3.8) is 0 Å². The van der Waals surface area contributed by atoms with E-state index in [0.717, 1.165) is 16.7 Å². The van der Waals surface area contributed by atoms with Gasteiger partial charge in [0.2, 0.25) is 0 Å². The predicted molar refractivity (Wildman–Crippen MR) is 66.4 cm³/mol. The maximum absolute atomic E-state index is 13.1. The molecule has 0 aliphatic carbocycles. The van der Waals surface area contributed by atoms with Gasteiger partial charge < -0.3 is 5.11 Å². The minimum atomic E-state index is -0.771. The average molecular weight is 230 g/mol. The van der Waals surface area contributed by atoms with Gasteiger partial charge in [-0.05, 0) is 48.2 Å². The van der Waals surface area contributed by atoms with E-state index in [1.54, 1.807) is 12.1 Å². The molecule has 0 radical (unpaired) electrons. The Morgan fingerprint density at radius 2 is 1.59 bits per heavy atom. The molecule has 0 aromatic heterocycles. The SMILES string of the molecule is Cc1cccc(C)c1C(O)c1cccc(F)c1. The van der Waals surface area contributed by atoms with Crippen molar-refractivity contribution >= 4 is 0 Å². The zero-order chi connectivity index (χ0) is 12.4. The molecule has 0 bridgehead atoms. The monoisotopic (exact) mass is 230 g/mol. The molecule has 1 nitrogen and oxygen atoms in total. The van der Waals surface area contributed by atoms with Crippen LogP contribution in [0.5, 0.6) is 0 Å². The fourth-order valence-corrected chi connectivity index (χ4v) is 2.10. The average Bonchev–Trinajstić information content (AvgIpc) is 2.28. The van der Waals surface area contributed by atoms with Gasteiger partial charge in [-0.3, -0.25) is 0 Å². The van der Waals surface area contributed by atoms with Crippen molar-refractivity contribution in [3.05, 3.63) is 70.5 Å². The summed E-state index contributed by atoms with van der Waals surface area (Å²) in [6.07, 6.45) is -0.771. The molecule has 0 saturated heterocycles. The van der Waals surface area contributed by atoms with Crippen LogP contribution in [0.3, 0.4) is 0 Å². The van der Waals surface area contributed by atoms with Crippen LogP contribution >= 0.6 is 0 Å². The number of hydrogen-bond acceptors (Lipinski definition) is 1. The van der Waals surface area contributed by atoms with E-state index in [4.69, 9.17) is 0 Å². The number of aliphatic hydroxyl groups is 1. The van der Waals surface area contributed by atoms with Crippen molar-refractivity contribution in [1.82, 2.24) is 0 Å². The van der Waals surface area contributed by atoms with Crippen LogP contribution in [-0.4, -0.2) is 5.11 Å². The molecule has 0 fully saturated rings. The molecule has 0 spiro atoms. The Balaban J connectivity index is 2.47. The molecule has 88 valence electrons. The minimum Gasteiger partial charge on any atom is -0.384 e. The van der Waals surface area contributed by atoms with Crippen LogP contribution in [0.25, 0.3) is 0 Å². The summed E-state index contributed by atoms with van der Waals surface area (Å²) in [6.45, 7) is 3.90. The molecule has 0 aliphatic rings. The number of rotatable bonds is 2. The quantitative estimate of drug-likeness (QED) is 0.836. The fraction of sp³-hybridized carbons (Fsp3) is 0.200. The van der Waals surface area contributed by atoms with Crippen molar-refractivity contribution < 1.29 is 9.50 Å². The molecule has 17 heavy (non-hydrogen) atoms. The molecule has 1 atom stereocenters. The lowest BCUT2D eigenvalue weighted by Crippen LogP contribution is -2.04. The number of aryl methyl sites for hydroxylation is 2. The van der Waals surface area contributed by atoms with Crippen molar-refractivity contribution in [2.45, 2.75) is 20.0 Å². The van der Waals surface area contributed by atoms with Crippen LogP contribution in [0.2, 0.25) is 0 Å².